The van der Waals surface area contributed by atoms with E-state index < -0.39 is 5.97 Å². The molecule has 0 aromatic rings. The molecule has 1 unspecified atom stereocenters. The maximum absolute atomic E-state index is 11.4. The fourth-order valence-electron chi connectivity index (χ4n) is 1.70. The molecule has 1 aliphatic heterocycles. The second kappa shape index (κ2) is 9.57. The monoisotopic (exact) mass is 274 g/mol. The molecule has 1 aliphatic rings. The van der Waals surface area contributed by atoms with E-state index in [1.807, 2.05) is 0 Å². The van der Waals surface area contributed by atoms with Crippen molar-refractivity contribution in [3.63, 3.8) is 0 Å². The van der Waals surface area contributed by atoms with E-state index in [0.29, 0.717) is 39.3 Å². The van der Waals surface area contributed by atoms with Crippen LogP contribution in [0.25, 0.3) is 0 Å². The SMILES string of the molecule is O=C(O)CCCCCNC(=O)NCC1COCCO1. The number of amides is 2. The molecule has 1 rings (SSSR count). The summed E-state index contributed by atoms with van der Waals surface area (Å²) >= 11 is 0. The maximum atomic E-state index is 11.4. The molecule has 1 heterocycles. The van der Waals surface area contributed by atoms with Crippen molar-refractivity contribution in [3.8, 4) is 0 Å². The van der Waals surface area contributed by atoms with E-state index in [0.717, 1.165) is 12.8 Å². The van der Waals surface area contributed by atoms with Crippen LogP contribution >= 0.6 is 0 Å². The zero-order valence-electron chi connectivity index (χ0n) is 11.0. The average Bonchev–Trinajstić information content (AvgIpc) is 2.41. The molecule has 1 fully saturated rings. The van der Waals surface area contributed by atoms with Crippen molar-refractivity contribution in [2.75, 3.05) is 32.9 Å². The summed E-state index contributed by atoms with van der Waals surface area (Å²) in [5.41, 5.74) is 0. The summed E-state index contributed by atoms with van der Waals surface area (Å²) in [6.45, 7) is 2.67. The Hall–Kier alpha value is -1.34. The van der Waals surface area contributed by atoms with Crippen LogP contribution in [0.5, 0.6) is 0 Å². The van der Waals surface area contributed by atoms with Gasteiger partial charge in [-0.1, -0.05) is 6.42 Å². The van der Waals surface area contributed by atoms with E-state index in [9.17, 15) is 9.59 Å². The number of ether oxygens (including phenoxy) is 2. The minimum absolute atomic E-state index is 0.0740. The van der Waals surface area contributed by atoms with Crippen molar-refractivity contribution in [2.24, 2.45) is 0 Å². The molecular weight excluding hydrogens is 252 g/mol. The van der Waals surface area contributed by atoms with Crippen LogP contribution in [-0.4, -0.2) is 56.1 Å². The lowest BCUT2D eigenvalue weighted by Gasteiger charge is -2.23. The van der Waals surface area contributed by atoms with Gasteiger partial charge in [0.05, 0.1) is 25.9 Å². The Bertz CT molecular complexity index is 279. The Morgan fingerprint density at radius 2 is 2.00 bits per heavy atom. The summed E-state index contributed by atoms with van der Waals surface area (Å²) in [7, 11) is 0. The van der Waals surface area contributed by atoms with Crippen molar-refractivity contribution in [3.05, 3.63) is 0 Å². The Labute approximate surface area is 112 Å². The molecule has 0 aliphatic carbocycles. The number of rotatable bonds is 8. The summed E-state index contributed by atoms with van der Waals surface area (Å²) < 4.78 is 10.6. The quantitative estimate of drug-likeness (QED) is 0.555. The number of urea groups is 1. The van der Waals surface area contributed by atoms with Crippen molar-refractivity contribution in [1.82, 2.24) is 10.6 Å². The first kappa shape index (κ1) is 15.7. The minimum atomic E-state index is -0.777. The summed E-state index contributed by atoms with van der Waals surface area (Å²) in [6, 6.07) is -0.229. The molecule has 0 saturated carbocycles. The van der Waals surface area contributed by atoms with Gasteiger partial charge < -0.3 is 25.2 Å². The first-order valence-electron chi connectivity index (χ1n) is 6.61. The van der Waals surface area contributed by atoms with E-state index >= 15 is 0 Å². The normalized spacial score (nSPS) is 18.8. The molecule has 7 nitrogen and oxygen atoms in total. The van der Waals surface area contributed by atoms with Gasteiger partial charge in [0, 0.05) is 19.5 Å². The molecule has 0 radical (unpaired) electrons. The van der Waals surface area contributed by atoms with E-state index in [-0.39, 0.29) is 18.6 Å². The Morgan fingerprint density at radius 1 is 1.16 bits per heavy atom. The molecule has 19 heavy (non-hydrogen) atoms. The molecule has 1 atom stereocenters. The lowest BCUT2D eigenvalue weighted by molar-refractivity contribution is -0.137. The molecule has 0 spiro atoms. The number of hydrogen-bond donors (Lipinski definition) is 3. The van der Waals surface area contributed by atoms with Crippen molar-refractivity contribution in [2.45, 2.75) is 31.8 Å². The number of carboxylic acid groups (broad SMARTS) is 1. The molecule has 2 amide bonds. The highest BCUT2D eigenvalue weighted by Crippen LogP contribution is 1.99. The van der Waals surface area contributed by atoms with Gasteiger partial charge in [-0.25, -0.2) is 4.79 Å². The molecule has 3 N–H and O–H groups in total. The van der Waals surface area contributed by atoms with Crippen LogP contribution in [0.15, 0.2) is 0 Å². The molecule has 0 bridgehead atoms. The van der Waals surface area contributed by atoms with Crippen LogP contribution in [0.1, 0.15) is 25.7 Å². The molecule has 110 valence electrons. The predicted molar refractivity (Wildman–Crippen MR) is 68.1 cm³/mol. The molecule has 0 aromatic heterocycles. The number of hydrogen-bond acceptors (Lipinski definition) is 4. The van der Waals surface area contributed by atoms with Gasteiger partial charge >= 0.3 is 12.0 Å². The average molecular weight is 274 g/mol. The molecule has 1 saturated heterocycles. The zero-order valence-corrected chi connectivity index (χ0v) is 11.0. The van der Waals surface area contributed by atoms with E-state index in [1.165, 1.54) is 0 Å². The highest BCUT2D eigenvalue weighted by molar-refractivity contribution is 5.73. The number of aliphatic carboxylic acids is 1. The topological polar surface area (TPSA) is 96.9 Å². The minimum Gasteiger partial charge on any atom is -0.481 e. The van der Waals surface area contributed by atoms with Gasteiger partial charge in [-0.05, 0) is 12.8 Å². The number of carbonyl (C=O) groups excluding carboxylic acids is 1. The van der Waals surface area contributed by atoms with Gasteiger partial charge in [0.25, 0.3) is 0 Å². The fraction of sp³-hybridized carbons (Fsp3) is 0.833. The van der Waals surface area contributed by atoms with Crippen molar-refractivity contribution < 1.29 is 24.2 Å². The van der Waals surface area contributed by atoms with Gasteiger partial charge in [-0.15, -0.1) is 0 Å². The molecule has 0 aromatic carbocycles. The summed E-state index contributed by atoms with van der Waals surface area (Å²) in [4.78, 5) is 21.7. The second-order valence-electron chi connectivity index (χ2n) is 4.41. The van der Waals surface area contributed by atoms with Gasteiger partial charge in [0.2, 0.25) is 0 Å². The predicted octanol–water partition coefficient (Wildman–Crippen LogP) is 0.346. The highest BCUT2D eigenvalue weighted by atomic mass is 16.6. The molecular formula is C12H22N2O5. The number of carbonyl (C=O) groups is 2. The first-order chi connectivity index (χ1) is 9.18. The fourth-order valence-corrected chi connectivity index (χ4v) is 1.70. The van der Waals surface area contributed by atoms with Gasteiger partial charge in [-0.2, -0.15) is 0 Å². The highest BCUT2D eigenvalue weighted by Gasteiger charge is 2.14. The van der Waals surface area contributed by atoms with E-state index in [4.69, 9.17) is 14.6 Å². The van der Waals surface area contributed by atoms with Crippen LogP contribution in [0.4, 0.5) is 4.79 Å². The third-order valence-corrected chi connectivity index (χ3v) is 2.73. The van der Waals surface area contributed by atoms with E-state index in [1.54, 1.807) is 0 Å². The number of carboxylic acids is 1. The second-order valence-corrected chi connectivity index (χ2v) is 4.41. The largest absolute Gasteiger partial charge is 0.481 e. The first-order valence-corrected chi connectivity index (χ1v) is 6.61. The van der Waals surface area contributed by atoms with Gasteiger partial charge in [0.15, 0.2) is 0 Å². The Balaban J connectivity index is 1.91. The van der Waals surface area contributed by atoms with Crippen LogP contribution in [-0.2, 0) is 14.3 Å². The smallest absolute Gasteiger partial charge is 0.314 e. The van der Waals surface area contributed by atoms with E-state index in [2.05, 4.69) is 10.6 Å². The third kappa shape index (κ3) is 8.39. The van der Waals surface area contributed by atoms with Gasteiger partial charge in [-0.3, -0.25) is 4.79 Å². The maximum Gasteiger partial charge on any atom is 0.314 e. The lowest BCUT2D eigenvalue weighted by Crippen LogP contribution is -2.43. The number of unbranched alkanes of at least 4 members (excludes halogenated alkanes) is 2. The summed E-state index contributed by atoms with van der Waals surface area (Å²) in [6.07, 6.45) is 2.34. The lowest BCUT2D eigenvalue weighted by atomic mass is 10.2. The standard InChI is InChI=1S/C12H22N2O5/c15-11(16)4-2-1-3-5-13-12(17)14-8-10-9-18-6-7-19-10/h10H,1-9H2,(H,15,16)(H2,13,14,17). The van der Waals surface area contributed by atoms with Crippen LogP contribution in [0, 0.1) is 0 Å². The van der Waals surface area contributed by atoms with Crippen molar-refractivity contribution in [1.29, 1.82) is 0 Å². The Morgan fingerprint density at radius 3 is 2.68 bits per heavy atom. The van der Waals surface area contributed by atoms with Gasteiger partial charge in [0.1, 0.15) is 0 Å². The Kier molecular flexibility index (Phi) is 7.92. The summed E-state index contributed by atoms with van der Waals surface area (Å²) in [5.74, 6) is -0.777. The van der Waals surface area contributed by atoms with Crippen molar-refractivity contribution >= 4 is 12.0 Å². The van der Waals surface area contributed by atoms with Crippen LogP contribution < -0.4 is 10.6 Å². The molecule has 7 heteroatoms. The summed E-state index contributed by atoms with van der Waals surface area (Å²) in [5, 5.41) is 13.9. The zero-order chi connectivity index (χ0) is 13.9. The van der Waals surface area contributed by atoms with Crippen LogP contribution in [0.3, 0.4) is 0 Å². The third-order valence-electron chi connectivity index (χ3n) is 2.73. The van der Waals surface area contributed by atoms with Crippen LogP contribution in [0.2, 0.25) is 0 Å². The number of nitrogens with one attached hydrogen (secondary N) is 2.